The Balaban J connectivity index is 1.75. The summed E-state index contributed by atoms with van der Waals surface area (Å²) < 4.78 is 11.2. The normalized spacial score (nSPS) is 14.9. The molecule has 2 N–H and O–H groups in total. The van der Waals surface area contributed by atoms with E-state index in [1.165, 1.54) is 42.3 Å². The van der Waals surface area contributed by atoms with Gasteiger partial charge in [0.1, 0.15) is 5.69 Å². The van der Waals surface area contributed by atoms with E-state index >= 15 is 0 Å². The van der Waals surface area contributed by atoms with Crippen molar-refractivity contribution in [1.29, 1.82) is 0 Å². The van der Waals surface area contributed by atoms with Crippen LogP contribution in [-0.4, -0.2) is 37.9 Å². The molecule has 2 heterocycles. The average Bonchev–Trinajstić information content (AvgIpc) is 3.35. The first-order valence-electron chi connectivity index (χ1n) is 9.50. The highest BCUT2D eigenvalue weighted by Crippen LogP contribution is 2.34. The first kappa shape index (κ1) is 18.1. The van der Waals surface area contributed by atoms with Gasteiger partial charge in [0.15, 0.2) is 5.69 Å². The first-order valence-corrected chi connectivity index (χ1v) is 9.50. The van der Waals surface area contributed by atoms with E-state index in [0.29, 0.717) is 11.6 Å². The van der Waals surface area contributed by atoms with Crippen molar-refractivity contribution < 1.29 is 14.2 Å². The van der Waals surface area contributed by atoms with Gasteiger partial charge in [-0.05, 0) is 41.6 Å². The molecular formula is C19H22N6O3. The van der Waals surface area contributed by atoms with Crippen LogP contribution >= 0.6 is 0 Å². The number of nitrogen functional groups attached to an aromatic ring is 1. The third kappa shape index (κ3) is 3.35. The molecular weight excluding hydrogens is 360 g/mol. The predicted molar refractivity (Wildman–Crippen MR) is 101 cm³/mol. The van der Waals surface area contributed by atoms with Gasteiger partial charge >= 0.3 is 5.97 Å². The second kappa shape index (κ2) is 7.79. The maximum absolute atomic E-state index is 12.4. The summed E-state index contributed by atoms with van der Waals surface area (Å²) in [6.07, 6.45) is 6.29. The summed E-state index contributed by atoms with van der Waals surface area (Å²) in [5.74, 6) is 0.260. The molecule has 0 aliphatic heterocycles. The van der Waals surface area contributed by atoms with Crippen LogP contribution in [0, 0.1) is 0 Å². The molecule has 4 rings (SSSR count). The van der Waals surface area contributed by atoms with E-state index < -0.39 is 5.97 Å². The Bertz CT molecular complexity index is 956. The number of carbonyl (C=O) groups excluding carboxylic acids is 1. The van der Waals surface area contributed by atoms with E-state index in [9.17, 15) is 4.79 Å². The molecule has 1 aromatic carbocycles. The van der Waals surface area contributed by atoms with E-state index in [2.05, 4.69) is 37.4 Å². The molecule has 0 atom stereocenters. The fourth-order valence-corrected chi connectivity index (χ4v) is 3.71. The summed E-state index contributed by atoms with van der Waals surface area (Å²) >= 11 is 0. The number of rotatable bonds is 5. The molecule has 0 radical (unpaired) electrons. The van der Waals surface area contributed by atoms with E-state index in [0.717, 1.165) is 5.56 Å². The quantitative estimate of drug-likeness (QED) is 0.668. The van der Waals surface area contributed by atoms with Gasteiger partial charge in [-0.25, -0.2) is 9.42 Å². The van der Waals surface area contributed by atoms with Gasteiger partial charge in [-0.3, -0.25) is 0 Å². The van der Waals surface area contributed by atoms with Gasteiger partial charge < -0.3 is 10.5 Å². The van der Waals surface area contributed by atoms with Crippen molar-refractivity contribution >= 4 is 11.8 Å². The summed E-state index contributed by atoms with van der Waals surface area (Å²) in [6.45, 7) is 1.97. The fraction of sp³-hybridized carbons (Fsp3) is 0.421. The lowest BCUT2D eigenvalue weighted by Gasteiger charge is -2.22. The van der Waals surface area contributed by atoms with Crippen LogP contribution in [0.3, 0.4) is 0 Å². The largest absolute Gasteiger partial charge is 0.461 e. The van der Waals surface area contributed by atoms with Crippen LogP contribution in [0.15, 0.2) is 28.9 Å². The highest BCUT2D eigenvalue weighted by molar-refractivity contribution is 5.94. The van der Waals surface area contributed by atoms with Gasteiger partial charge in [-0.1, -0.05) is 48.7 Å². The lowest BCUT2D eigenvalue weighted by Crippen LogP contribution is -2.09. The van der Waals surface area contributed by atoms with Crippen LogP contribution in [0.25, 0.3) is 17.1 Å². The summed E-state index contributed by atoms with van der Waals surface area (Å²) in [4.78, 5) is 12.4. The van der Waals surface area contributed by atoms with Crippen molar-refractivity contribution in [1.82, 2.24) is 25.3 Å². The molecule has 28 heavy (non-hydrogen) atoms. The second-order valence-corrected chi connectivity index (χ2v) is 6.85. The minimum Gasteiger partial charge on any atom is -0.461 e. The SMILES string of the molecule is CCOC(=O)c1nnn(-c2nonc2N)c1-c1ccc(C2CCCCC2)cc1. The van der Waals surface area contributed by atoms with Crippen molar-refractivity contribution in [3.8, 4) is 17.1 Å². The van der Waals surface area contributed by atoms with Gasteiger partial charge in [0, 0.05) is 5.56 Å². The highest BCUT2D eigenvalue weighted by Gasteiger charge is 2.26. The second-order valence-electron chi connectivity index (χ2n) is 6.85. The Morgan fingerprint density at radius 2 is 1.96 bits per heavy atom. The topological polar surface area (TPSA) is 122 Å². The maximum Gasteiger partial charge on any atom is 0.361 e. The molecule has 3 aromatic rings. The van der Waals surface area contributed by atoms with Crippen LogP contribution in [0.2, 0.25) is 0 Å². The number of esters is 1. The summed E-state index contributed by atoms with van der Waals surface area (Å²) in [5.41, 5.74) is 8.41. The molecule has 1 saturated carbocycles. The molecule has 1 fully saturated rings. The summed E-state index contributed by atoms with van der Waals surface area (Å²) in [6, 6.07) is 8.13. The zero-order valence-electron chi connectivity index (χ0n) is 15.7. The van der Waals surface area contributed by atoms with Crippen molar-refractivity contribution in [2.24, 2.45) is 0 Å². The van der Waals surface area contributed by atoms with Crippen LogP contribution in [0.4, 0.5) is 5.82 Å². The van der Waals surface area contributed by atoms with Gasteiger partial charge in [0.05, 0.1) is 6.61 Å². The van der Waals surface area contributed by atoms with E-state index in [-0.39, 0.29) is 23.9 Å². The number of hydrogen-bond donors (Lipinski definition) is 1. The molecule has 0 saturated heterocycles. The smallest absolute Gasteiger partial charge is 0.361 e. The maximum atomic E-state index is 12.4. The van der Waals surface area contributed by atoms with Crippen molar-refractivity contribution in [3.05, 3.63) is 35.5 Å². The third-order valence-corrected chi connectivity index (χ3v) is 5.10. The monoisotopic (exact) mass is 382 g/mol. The number of hydrogen-bond acceptors (Lipinski definition) is 8. The van der Waals surface area contributed by atoms with Gasteiger partial charge in [-0.2, -0.15) is 4.68 Å². The van der Waals surface area contributed by atoms with Gasteiger partial charge in [0.2, 0.25) is 11.6 Å². The summed E-state index contributed by atoms with van der Waals surface area (Å²) in [7, 11) is 0. The first-order chi connectivity index (χ1) is 13.7. The third-order valence-electron chi connectivity index (χ3n) is 5.10. The van der Waals surface area contributed by atoms with Crippen LogP contribution in [0.5, 0.6) is 0 Å². The Labute approximate surface area is 161 Å². The van der Waals surface area contributed by atoms with Gasteiger partial charge in [-0.15, -0.1) is 5.10 Å². The molecule has 1 aliphatic rings. The molecule has 0 amide bonds. The van der Waals surface area contributed by atoms with E-state index in [1.807, 2.05) is 12.1 Å². The molecule has 2 aromatic heterocycles. The highest BCUT2D eigenvalue weighted by atomic mass is 16.6. The van der Waals surface area contributed by atoms with Crippen molar-refractivity contribution in [3.63, 3.8) is 0 Å². The molecule has 9 heteroatoms. The summed E-state index contributed by atoms with van der Waals surface area (Å²) in [5, 5.41) is 15.4. The number of nitrogens with two attached hydrogens (primary N) is 1. The number of carbonyl (C=O) groups is 1. The van der Waals surface area contributed by atoms with Crippen molar-refractivity contribution in [2.75, 3.05) is 12.3 Å². The number of anilines is 1. The lowest BCUT2D eigenvalue weighted by atomic mass is 9.84. The number of ether oxygens (including phenoxy) is 1. The van der Waals surface area contributed by atoms with Crippen LogP contribution in [-0.2, 0) is 4.74 Å². The molecule has 0 bridgehead atoms. The molecule has 0 unspecified atom stereocenters. The molecule has 146 valence electrons. The Morgan fingerprint density at radius 1 is 1.21 bits per heavy atom. The standard InChI is InChI=1S/C19H22N6O3/c1-2-27-19(26)15-16(25(24-21-15)18-17(20)22-28-23-18)14-10-8-13(9-11-14)12-6-4-3-5-7-12/h8-12H,2-7H2,1H3,(H2,20,22). The van der Waals surface area contributed by atoms with E-state index in [1.54, 1.807) is 6.92 Å². The van der Waals surface area contributed by atoms with Crippen LogP contribution in [0.1, 0.15) is 61.0 Å². The molecule has 9 nitrogen and oxygen atoms in total. The minimum absolute atomic E-state index is 0.0559. The zero-order chi connectivity index (χ0) is 19.5. The molecule has 0 spiro atoms. The Kier molecular flexibility index (Phi) is 5.05. The van der Waals surface area contributed by atoms with Crippen molar-refractivity contribution in [2.45, 2.75) is 44.9 Å². The zero-order valence-corrected chi connectivity index (χ0v) is 15.7. The predicted octanol–water partition coefficient (Wildman–Crippen LogP) is 3.12. The molecule has 1 aliphatic carbocycles. The number of nitrogens with zero attached hydrogens (tertiary/aromatic N) is 5. The van der Waals surface area contributed by atoms with Gasteiger partial charge in [0.25, 0.3) is 0 Å². The van der Waals surface area contributed by atoms with E-state index in [4.69, 9.17) is 10.5 Å². The average molecular weight is 382 g/mol. The van der Waals surface area contributed by atoms with Crippen LogP contribution < -0.4 is 5.73 Å². The Hall–Kier alpha value is -3.23. The number of benzene rings is 1. The fourth-order valence-electron chi connectivity index (χ4n) is 3.71. The Morgan fingerprint density at radius 3 is 2.61 bits per heavy atom. The lowest BCUT2D eigenvalue weighted by molar-refractivity contribution is 0.0520. The minimum atomic E-state index is -0.560. The number of aromatic nitrogens is 5.